The van der Waals surface area contributed by atoms with Gasteiger partial charge in [-0.2, -0.15) is 0 Å². The summed E-state index contributed by atoms with van der Waals surface area (Å²) < 4.78 is 0. The molecule has 1 aromatic rings. The monoisotopic (exact) mass is 160 g/mol. The fourth-order valence-corrected chi connectivity index (χ4v) is 1.55. The van der Waals surface area contributed by atoms with Gasteiger partial charge in [0.05, 0.1) is 0 Å². The second-order valence-corrected chi connectivity index (χ2v) is 3.22. The van der Waals surface area contributed by atoms with E-state index < -0.39 is 0 Å². The molecule has 0 aliphatic rings. The number of rotatable bonds is 3. The summed E-state index contributed by atoms with van der Waals surface area (Å²) in [6.45, 7) is 8.30. The van der Waals surface area contributed by atoms with Crippen LogP contribution < -0.4 is 0 Å². The number of hydrogen-bond donors (Lipinski definition) is 0. The van der Waals surface area contributed by atoms with Crippen molar-refractivity contribution in [3.05, 3.63) is 48.0 Å². The first kappa shape index (κ1) is 9.05. The van der Waals surface area contributed by atoms with E-state index in [1.54, 1.807) is 0 Å². The van der Waals surface area contributed by atoms with E-state index in [1.807, 2.05) is 0 Å². The molecule has 0 aliphatic carbocycles. The summed E-state index contributed by atoms with van der Waals surface area (Å²) in [7, 11) is 0. The third-order valence-corrected chi connectivity index (χ3v) is 2.21. The summed E-state index contributed by atoms with van der Waals surface area (Å²) in [6, 6.07) is 10.6. The SMILES string of the molecule is C=C(C)C(CC)c1ccccc1. The average molecular weight is 160 g/mol. The highest BCUT2D eigenvalue weighted by atomic mass is 14.1. The van der Waals surface area contributed by atoms with Crippen LogP contribution >= 0.6 is 0 Å². The second kappa shape index (κ2) is 4.10. The van der Waals surface area contributed by atoms with Crippen molar-refractivity contribution in [1.29, 1.82) is 0 Å². The predicted octanol–water partition coefficient (Wildman–Crippen LogP) is 3.76. The minimum Gasteiger partial charge on any atom is -0.0995 e. The minimum absolute atomic E-state index is 0.534. The Balaban J connectivity index is 2.88. The van der Waals surface area contributed by atoms with Gasteiger partial charge < -0.3 is 0 Å². The largest absolute Gasteiger partial charge is 0.0995 e. The van der Waals surface area contributed by atoms with Gasteiger partial charge in [-0.05, 0) is 18.9 Å². The van der Waals surface area contributed by atoms with Gasteiger partial charge in [-0.3, -0.25) is 0 Å². The molecule has 1 unspecified atom stereocenters. The Morgan fingerprint density at radius 3 is 2.33 bits per heavy atom. The van der Waals surface area contributed by atoms with Crippen LogP contribution in [0.2, 0.25) is 0 Å². The summed E-state index contributed by atoms with van der Waals surface area (Å²) in [4.78, 5) is 0. The van der Waals surface area contributed by atoms with Crippen LogP contribution in [0.15, 0.2) is 42.5 Å². The maximum Gasteiger partial charge on any atom is 0.00400 e. The molecule has 1 atom stereocenters. The number of hydrogen-bond acceptors (Lipinski definition) is 0. The Hall–Kier alpha value is -1.04. The lowest BCUT2D eigenvalue weighted by atomic mass is 9.91. The van der Waals surface area contributed by atoms with Crippen LogP contribution in [0.5, 0.6) is 0 Å². The summed E-state index contributed by atoms with van der Waals surface area (Å²) in [6.07, 6.45) is 1.14. The summed E-state index contributed by atoms with van der Waals surface area (Å²) in [5.74, 6) is 0.534. The minimum atomic E-state index is 0.534. The van der Waals surface area contributed by atoms with E-state index in [9.17, 15) is 0 Å². The zero-order valence-electron chi connectivity index (χ0n) is 7.88. The maximum atomic E-state index is 4.00. The molecule has 64 valence electrons. The molecule has 1 aromatic carbocycles. The second-order valence-electron chi connectivity index (χ2n) is 3.22. The number of benzene rings is 1. The molecule has 12 heavy (non-hydrogen) atoms. The molecule has 0 bridgehead atoms. The van der Waals surface area contributed by atoms with Gasteiger partial charge in [-0.15, -0.1) is 0 Å². The molecule has 1 rings (SSSR count). The average Bonchev–Trinajstić information content (AvgIpc) is 2.07. The van der Waals surface area contributed by atoms with Gasteiger partial charge in [0.15, 0.2) is 0 Å². The molecule has 0 heteroatoms. The Morgan fingerprint density at radius 1 is 1.33 bits per heavy atom. The molecule has 0 radical (unpaired) electrons. The van der Waals surface area contributed by atoms with E-state index in [2.05, 4.69) is 50.8 Å². The van der Waals surface area contributed by atoms with Crippen LogP contribution in [0, 0.1) is 0 Å². The highest BCUT2D eigenvalue weighted by molar-refractivity contribution is 5.26. The molecule has 0 aliphatic heterocycles. The van der Waals surface area contributed by atoms with E-state index in [-0.39, 0.29) is 0 Å². The Morgan fingerprint density at radius 2 is 1.92 bits per heavy atom. The van der Waals surface area contributed by atoms with E-state index in [0.29, 0.717) is 5.92 Å². The fourth-order valence-electron chi connectivity index (χ4n) is 1.55. The van der Waals surface area contributed by atoms with Crippen molar-refractivity contribution in [3.8, 4) is 0 Å². The first-order chi connectivity index (χ1) is 5.75. The molecule has 0 fully saturated rings. The molecule has 0 aromatic heterocycles. The summed E-state index contributed by atoms with van der Waals surface area (Å²) in [5, 5.41) is 0. The lowest BCUT2D eigenvalue weighted by Crippen LogP contribution is -1.96. The topological polar surface area (TPSA) is 0 Å². The Bertz CT molecular complexity index is 246. The van der Waals surface area contributed by atoms with E-state index in [0.717, 1.165) is 6.42 Å². The summed E-state index contributed by atoms with van der Waals surface area (Å²) in [5.41, 5.74) is 2.64. The van der Waals surface area contributed by atoms with Crippen LogP contribution in [-0.4, -0.2) is 0 Å². The standard InChI is InChI=1S/C12H16/c1-4-12(10(2)3)11-8-6-5-7-9-11/h5-9,12H,2,4H2,1,3H3. The lowest BCUT2D eigenvalue weighted by molar-refractivity contribution is 0.762. The Kier molecular flexibility index (Phi) is 3.09. The lowest BCUT2D eigenvalue weighted by Gasteiger charge is -2.14. The predicted molar refractivity (Wildman–Crippen MR) is 54.3 cm³/mol. The van der Waals surface area contributed by atoms with Crippen molar-refractivity contribution in [1.82, 2.24) is 0 Å². The van der Waals surface area contributed by atoms with Crippen LogP contribution in [-0.2, 0) is 0 Å². The van der Waals surface area contributed by atoms with E-state index in [1.165, 1.54) is 11.1 Å². The van der Waals surface area contributed by atoms with Gasteiger partial charge in [0.2, 0.25) is 0 Å². The molecule has 0 amide bonds. The molecular weight excluding hydrogens is 144 g/mol. The van der Waals surface area contributed by atoms with Gasteiger partial charge in [-0.1, -0.05) is 49.4 Å². The third kappa shape index (κ3) is 1.97. The zero-order chi connectivity index (χ0) is 8.97. The van der Waals surface area contributed by atoms with Crippen LogP contribution in [0.3, 0.4) is 0 Å². The first-order valence-corrected chi connectivity index (χ1v) is 4.46. The van der Waals surface area contributed by atoms with Crippen molar-refractivity contribution in [2.45, 2.75) is 26.2 Å². The summed E-state index contributed by atoms with van der Waals surface area (Å²) >= 11 is 0. The van der Waals surface area contributed by atoms with E-state index in [4.69, 9.17) is 0 Å². The normalized spacial score (nSPS) is 12.5. The maximum absolute atomic E-state index is 4.00. The van der Waals surface area contributed by atoms with Crippen LogP contribution in [0.25, 0.3) is 0 Å². The van der Waals surface area contributed by atoms with Gasteiger partial charge in [0.25, 0.3) is 0 Å². The van der Waals surface area contributed by atoms with Gasteiger partial charge in [0, 0.05) is 5.92 Å². The molecule has 0 spiro atoms. The molecule has 0 saturated heterocycles. The van der Waals surface area contributed by atoms with Crippen molar-refractivity contribution in [3.63, 3.8) is 0 Å². The molecule has 0 heterocycles. The van der Waals surface area contributed by atoms with Gasteiger partial charge in [-0.25, -0.2) is 0 Å². The van der Waals surface area contributed by atoms with E-state index >= 15 is 0 Å². The van der Waals surface area contributed by atoms with Crippen LogP contribution in [0.4, 0.5) is 0 Å². The molecular formula is C12H16. The van der Waals surface area contributed by atoms with Crippen LogP contribution in [0.1, 0.15) is 31.7 Å². The first-order valence-electron chi connectivity index (χ1n) is 4.46. The van der Waals surface area contributed by atoms with Gasteiger partial charge >= 0.3 is 0 Å². The quantitative estimate of drug-likeness (QED) is 0.591. The van der Waals surface area contributed by atoms with Crippen molar-refractivity contribution in [2.24, 2.45) is 0 Å². The zero-order valence-corrected chi connectivity index (χ0v) is 7.88. The fraction of sp³-hybridized carbons (Fsp3) is 0.333. The highest BCUT2D eigenvalue weighted by Gasteiger charge is 2.07. The number of allylic oxidation sites excluding steroid dienone is 1. The molecule has 0 saturated carbocycles. The van der Waals surface area contributed by atoms with Crippen molar-refractivity contribution < 1.29 is 0 Å². The highest BCUT2D eigenvalue weighted by Crippen LogP contribution is 2.25. The van der Waals surface area contributed by atoms with Gasteiger partial charge in [0.1, 0.15) is 0 Å². The third-order valence-electron chi connectivity index (χ3n) is 2.21. The van der Waals surface area contributed by atoms with Crippen molar-refractivity contribution in [2.75, 3.05) is 0 Å². The Labute approximate surface area is 74.9 Å². The smallest absolute Gasteiger partial charge is 0.00400 e. The van der Waals surface area contributed by atoms with Crippen molar-refractivity contribution >= 4 is 0 Å². The molecule has 0 nitrogen and oxygen atoms in total. The molecule has 0 N–H and O–H groups in total.